The third kappa shape index (κ3) is 11.6. The Hall–Kier alpha value is -1.13. The first kappa shape index (κ1) is 25.9. The van der Waals surface area contributed by atoms with Crippen LogP contribution < -0.4 is 0 Å². The van der Waals surface area contributed by atoms with Gasteiger partial charge in [0.15, 0.2) is 0 Å². The summed E-state index contributed by atoms with van der Waals surface area (Å²) in [6.45, 7) is 5.95. The topological polar surface area (TPSA) is 66.8 Å². The zero-order valence-corrected chi connectivity index (χ0v) is 18.9. The van der Waals surface area contributed by atoms with Gasteiger partial charge in [-0.1, -0.05) is 63.3 Å². The summed E-state index contributed by atoms with van der Waals surface area (Å²) in [5.74, 6) is -0.0259. The molecule has 0 unspecified atom stereocenters. The lowest BCUT2D eigenvalue weighted by Gasteiger charge is -2.19. The molecule has 0 aromatic carbocycles. The monoisotopic (exact) mass is 408 g/mol. The molecule has 1 rings (SSSR count). The van der Waals surface area contributed by atoms with Crippen molar-refractivity contribution >= 4 is 5.97 Å². The van der Waals surface area contributed by atoms with Crippen LogP contribution in [0.15, 0.2) is 24.3 Å². The van der Waals surface area contributed by atoms with Crippen LogP contribution >= 0.6 is 0 Å². The van der Waals surface area contributed by atoms with E-state index in [0.717, 1.165) is 25.7 Å². The van der Waals surface area contributed by atoms with Crippen LogP contribution in [-0.2, 0) is 9.53 Å². The number of rotatable bonds is 15. The smallest absolute Gasteiger partial charge is 0.306 e. The number of unbranched alkanes of at least 4 members (excludes halogenated alkanes) is 7. The molecule has 0 aliphatic heterocycles. The minimum Gasteiger partial charge on any atom is -0.463 e. The van der Waals surface area contributed by atoms with E-state index in [0.29, 0.717) is 12.8 Å². The van der Waals surface area contributed by atoms with E-state index in [1.165, 1.54) is 38.5 Å². The molecule has 0 heterocycles. The summed E-state index contributed by atoms with van der Waals surface area (Å²) in [7, 11) is 0. The Labute approximate surface area is 178 Å². The lowest BCUT2D eigenvalue weighted by molar-refractivity contribution is -0.147. The number of aliphatic hydroxyl groups is 2. The van der Waals surface area contributed by atoms with Gasteiger partial charge in [-0.05, 0) is 51.9 Å². The molecule has 4 atom stereocenters. The van der Waals surface area contributed by atoms with Gasteiger partial charge in [0, 0.05) is 18.8 Å². The average molecular weight is 409 g/mol. The highest BCUT2D eigenvalue weighted by Gasteiger charge is 2.39. The van der Waals surface area contributed by atoms with E-state index in [4.69, 9.17) is 4.74 Å². The van der Waals surface area contributed by atoms with Crippen molar-refractivity contribution in [2.75, 3.05) is 0 Å². The van der Waals surface area contributed by atoms with Gasteiger partial charge in [-0.15, -0.1) is 0 Å². The third-order valence-electron chi connectivity index (χ3n) is 5.69. The molecule has 0 radical (unpaired) electrons. The van der Waals surface area contributed by atoms with Crippen LogP contribution in [0.5, 0.6) is 0 Å². The van der Waals surface area contributed by atoms with Crippen molar-refractivity contribution in [1.29, 1.82) is 0 Å². The van der Waals surface area contributed by atoms with Gasteiger partial charge >= 0.3 is 5.97 Å². The predicted molar refractivity (Wildman–Crippen MR) is 120 cm³/mol. The van der Waals surface area contributed by atoms with Crippen molar-refractivity contribution in [3.63, 3.8) is 0 Å². The fourth-order valence-electron chi connectivity index (χ4n) is 4.06. The van der Waals surface area contributed by atoms with Crippen LogP contribution in [-0.4, -0.2) is 34.5 Å². The Morgan fingerprint density at radius 3 is 2.38 bits per heavy atom. The number of esters is 1. The fraction of sp³-hybridized carbons (Fsp3) is 0.800. The summed E-state index contributed by atoms with van der Waals surface area (Å²) in [6, 6.07) is 0. The lowest BCUT2D eigenvalue weighted by Crippen LogP contribution is -2.19. The Balaban J connectivity index is 2.29. The van der Waals surface area contributed by atoms with Crippen molar-refractivity contribution in [3.05, 3.63) is 24.3 Å². The van der Waals surface area contributed by atoms with Crippen LogP contribution in [0, 0.1) is 11.8 Å². The quantitative estimate of drug-likeness (QED) is 0.207. The van der Waals surface area contributed by atoms with Crippen LogP contribution in [0.1, 0.15) is 97.8 Å². The maximum absolute atomic E-state index is 11.5. The Kier molecular flexibility index (Phi) is 14.0. The molecule has 168 valence electrons. The van der Waals surface area contributed by atoms with Crippen molar-refractivity contribution < 1.29 is 19.7 Å². The Morgan fingerprint density at radius 2 is 1.66 bits per heavy atom. The van der Waals surface area contributed by atoms with Gasteiger partial charge in [0.25, 0.3) is 0 Å². The van der Waals surface area contributed by atoms with Crippen molar-refractivity contribution in [2.24, 2.45) is 11.8 Å². The van der Waals surface area contributed by atoms with E-state index in [1.54, 1.807) is 0 Å². The molecule has 0 aromatic heterocycles. The van der Waals surface area contributed by atoms with Crippen LogP contribution in [0.3, 0.4) is 0 Å². The molecule has 1 saturated carbocycles. The molecule has 0 spiro atoms. The highest BCUT2D eigenvalue weighted by molar-refractivity contribution is 5.69. The van der Waals surface area contributed by atoms with E-state index >= 15 is 0 Å². The molecule has 0 aromatic rings. The largest absolute Gasteiger partial charge is 0.463 e. The summed E-state index contributed by atoms with van der Waals surface area (Å²) in [5, 5.41) is 20.6. The molecule has 2 N–H and O–H groups in total. The van der Waals surface area contributed by atoms with Gasteiger partial charge in [0.2, 0.25) is 0 Å². The fourth-order valence-corrected chi connectivity index (χ4v) is 4.06. The second-order valence-corrected chi connectivity index (χ2v) is 8.73. The van der Waals surface area contributed by atoms with E-state index in [1.807, 2.05) is 13.8 Å². The predicted octanol–water partition coefficient (Wildman–Crippen LogP) is 5.72. The van der Waals surface area contributed by atoms with Crippen LogP contribution in [0.25, 0.3) is 0 Å². The third-order valence-corrected chi connectivity index (χ3v) is 5.69. The zero-order valence-electron chi connectivity index (χ0n) is 18.9. The number of aliphatic hydroxyl groups excluding tert-OH is 2. The summed E-state index contributed by atoms with van der Waals surface area (Å²) >= 11 is 0. The number of carbonyl (C=O) groups excluding carboxylic acids is 1. The first-order valence-electron chi connectivity index (χ1n) is 11.8. The highest BCUT2D eigenvalue weighted by Crippen LogP contribution is 2.36. The Morgan fingerprint density at radius 1 is 0.966 bits per heavy atom. The number of allylic oxidation sites excluding steroid dienone is 3. The average Bonchev–Trinajstić information content (AvgIpc) is 2.92. The highest BCUT2D eigenvalue weighted by atomic mass is 16.5. The molecule has 0 amide bonds. The van der Waals surface area contributed by atoms with E-state index in [2.05, 4.69) is 31.2 Å². The number of carbonyl (C=O) groups is 1. The number of hydrogen-bond donors (Lipinski definition) is 2. The van der Waals surface area contributed by atoms with Crippen LogP contribution in [0.4, 0.5) is 0 Å². The number of ether oxygens (including phenoxy) is 1. The normalized spacial score (nSPS) is 24.9. The minimum atomic E-state index is -0.449. The summed E-state index contributed by atoms with van der Waals surface area (Å²) in [5.41, 5.74) is 0. The molecular formula is C25H44O4. The second-order valence-electron chi connectivity index (χ2n) is 8.73. The molecule has 29 heavy (non-hydrogen) atoms. The molecule has 1 aliphatic rings. The summed E-state index contributed by atoms with van der Waals surface area (Å²) < 4.78 is 5.13. The van der Waals surface area contributed by atoms with Gasteiger partial charge in [-0.3, -0.25) is 4.79 Å². The summed E-state index contributed by atoms with van der Waals surface area (Å²) in [6.07, 6.45) is 19.6. The van der Waals surface area contributed by atoms with E-state index in [-0.39, 0.29) is 23.9 Å². The molecule has 1 fully saturated rings. The van der Waals surface area contributed by atoms with E-state index < -0.39 is 12.2 Å². The first-order chi connectivity index (χ1) is 14.0. The number of hydrogen-bond acceptors (Lipinski definition) is 4. The van der Waals surface area contributed by atoms with Crippen LogP contribution in [0.2, 0.25) is 0 Å². The van der Waals surface area contributed by atoms with Crippen molar-refractivity contribution in [1.82, 2.24) is 0 Å². The van der Waals surface area contributed by atoms with Crippen molar-refractivity contribution in [2.45, 2.75) is 116 Å². The maximum Gasteiger partial charge on any atom is 0.306 e. The van der Waals surface area contributed by atoms with Gasteiger partial charge in [0.1, 0.15) is 0 Å². The standard InChI is InChI=1S/C25H44O4/c1-4-5-6-7-8-9-10-13-16-21-22(24(27)19-23(21)26)17-14-11-12-15-18-25(28)29-20(2)3/h11,13-14,16,20-24,26-27H,4-10,12,15,17-19H2,1-3H3/t21-,22-,23-,24+/m1/s1. The Bertz CT molecular complexity index is 483. The minimum absolute atomic E-state index is 0.0377. The van der Waals surface area contributed by atoms with Gasteiger partial charge in [-0.25, -0.2) is 0 Å². The maximum atomic E-state index is 11.5. The molecular weight excluding hydrogens is 364 g/mol. The van der Waals surface area contributed by atoms with Crippen molar-refractivity contribution in [3.8, 4) is 0 Å². The van der Waals surface area contributed by atoms with Gasteiger partial charge in [-0.2, -0.15) is 0 Å². The molecule has 0 saturated heterocycles. The molecule has 1 aliphatic carbocycles. The second kappa shape index (κ2) is 15.7. The zero-order chi connectivity index (χ0) is 21.5. The van der Waals surface area contributed by atoms with E-state index in [9.17, 15) is 15.0 Å². The molecule has 0 bridgehead atoms. The molecule has 4 nitrogen and oxygen atoms in total. The SMILES string of the molecule is CCCCCCCCC=C[C@@H]1[C@@H](CC=CCCCC(=O)OC(C)C)[C@@H](O)C[C@H]1O. The molecule has 4 heteroatoms. The lowest BCUT2D eigenvalue weighted by atomic mass is 9.89. The van der Waals surface area contributed by atoms with Gasteiger partial charge < -0.3 is 14.9 Å². The first-order valence-corrected chi connectivity index (χ1v) is 11.8. The van der Waals surface area contributed by atoms with Gasteiger partial charge in [0.05, 0.1) is 18.3 Å². The summed E-state index contributed by atoms with van der Waals surface area (Å²) in [4.78, 5) is 11.5.